The van der Waals surface area contributed by atoms with Gasteiger partial charge in [0.05, 0.1) is 32.3 Å². The van der Waals surface area contributed by atoms with Crippen molar-refractivity contribution in [3.63, 3.8) is 0 Å². The first kappa shape index (κ1) is 21.1. The summed E-state index contributed by atoms with van der Waals surface area (Å²) in [4.78, 5) is 25.1. The Morgan fingerprint density at radius 1 is 1.24 bits per heavy atom. The Kier molecular flexibility index (Phi) is 8.55. The van der Waals surface area contributed by atoms with Gasteiger partial charge in [-0.05, 0) is 24.5 Å². The number of hydrogen-bond donors (Lipinski definition) is 0. The molecule has 0 bridgehead atoms. The van der Waals surface area contributed by atoms with E-state index >= 15 is 0 Å². The third-order valence-electron chi connectivity index (χ3n) is 3.64. The summed E-state index contributed by atoms with van der Waals surface area (Å²) in [5.74, 6) is 0.704. The van der Waals surface area contributed by atoms with Gasteiger partial charge in [0.25, 0.3) is 5.91 Å². The maximum absolute atomic E-state index is 12.5. The molecule has 25 heavy (non-hydrogen) atoms. The summed E-state index contributed by atoms with van der Waals surface area (Å²) in [6, 6.07) is 3.14. The molecule has 0 spiro atoms. The Balaban J connectivity index is 2.89. The van der Waals surface area contributed by atoms with Crippen LogP contribution in [0.15, 0.2) is 12.1 Å². The molecule has 0 aliphatic carbocycles. The molecule has 0 saturated carbocycles. The fraction of sp³-hybridized carbons (Fsp3) is 0.556. The summed E-state index contributed by atoms with van der Waals surface area (Å²) in [7, 11) is 4.42. The van der Waals surface area contributed by atoms with Crippen molar-refractivity contribution >= 4 is 23.5 Å². The summed E-state index contributed by atoms with van der Waals surface area (Å²) >= 11 is 6.28. The zero-order valence-corrected chi connectivity index (χ0v) is 16.2. The average molecular weight is 372 g/mol. The molecule has 0 heterocycles. The first-order chi connectivity index (χ1) is 11.8. The molecular weight excluding hydrogens is 346 g/mol. The van der Waals surface area contributed by atoms with Crippen LogP contribution in [0.3, 0.4) is 0 Å². The van der Waals surface area contributed by atoms with E-state index in [4.69, 9.17) is 21.1 Å². The maximum atomic E-state index is 12.5. The minimum absolute atomic E-state index is 0.125. The van der Waals surface area contributed by atoms with Gasteiger partial charge in [0.2, 0.25) is 0 Å². The lowest BCUT2D eigenvalue weighted by atomic mass is 10.1. The van der Waals surface area contributed by atoms with E-state index in [0.717, 1.165) is 6.42 Å². The topological polar surface area (TPSA) is 65.1 Å². The fourth-order valence-electron chi connectivity index (χ4n) is 2.06. The van der Waals surface area contributed by atoms with Crippen molar-refractivity contribution in [1.82, 2.24) is 4.90 Å². The maximum Gasteiger partial charge on any atom is 0.307 e. The van der Waals surface area contributed by atoms with E-state index in [1.54, 1.807) is 19.2 Å². The second-order valence-electron chi connectivity index (χ2n) is 6.07. The third kappa shape index (κ3) is 6.46. The lowest BCUT2D eigenvalue weighted by molar-refractivity contribution is -0.140. The van der Waals surface area contributed by atoms with Crippen molar-refractivity contribution in [2.75, 3.05) is 34.4 Å². The highest BCUT2D eigenvalue weighted by molar-refractivity contribution is 6.32. The number of hydrogen-bond acceptors (Lipinski definition) is 5. The van der Waals surface area contributed by atoms with Gasteiger partial charge in [0, 0.05) is 19.2 Å². The van der Waals surface area contributed by atoms with Crippen LogP contribution in [0, 0.1) is 5.92 Å². The second-order valence-corrected chi connectivity index (χ2v) is 6.48. The standard InChI is InChI=1S/C18H26ClNO5/c1-12(2)7-9-25-17-14(19)10-13(11-15(17)23-4)18(22)20(3)8-6-16(21)24-5/h10-12H,6-9H2,1-5H3. The lowest BCUT2D eigenvalue weighted by Gasteiger charge is -2.19. The number of nitrogens with zero attached hydrogens (tertiary/aromatic N) is 1. The molecule has 0 saturated heterocycles. The summed E-state index contributed by atoms with van der Waals surface area (Å²) in [6.45, 7) is 4.97. The van der Waals surface area contributed by atoms with Crippen molar-refractivity contribution in [2.45, 2.75) is 26.7 Å². The number of esters is 1. The Labute approximate surface area is 154 Å². The molecule has 1 aromatic rings. The molecule has 7 heteroatoms. The van der Waals surface area contributed by atoms with Crippen LogP contribution in [-0.4, -0.2) is 51.2 Å². The molecule has 0 aliphatic rings. The van der Waals surface area contributed by atoms with E-state index < -0.39 is 0 Å². The Morgan fingerprint density at radius 3 is 2.48 bits per heavy atom. The molecular formula is C18H26ClNO5. The SMILES string of the molecule is COC(=O)CCN(C)C(=O)c1cc(Cl)c(OCCC(C)C)c(OC)c1. The van der Waals surface area contributed by atoms with Crippen molar-refractivity contribution in [3.05, 3.63) is 22.7 Å². The van der Waals surface area contributed by atoms with E-state index in [-0.39, 0.29) is 24.8 Å². The van der Waals surface area contributed by atoms with Crippen LogP contribution < -0.4 is 9.47 Å². The van der Waals surface area contributed by atoms with Gasteiger partial charge in [-0.2, -0.15) is 0 Å². The second kappa shape index (κ2) is 10.1. The van der Waals surface area contributed by atoms with Gasteiger partial charge in [-0.25, -0.2) is 0 Å². The zero-order valence-electron chi connectivity index (χ0n) is 15.4. The quantitative estimate of drug-likeness (QED) is 0.622. The summed E-state index contributed by atoms with van der Waals surface area (Å²) in [6.07, 6.45) is 1.01. The fourth-order valence-corrected chi connectivity index (χ4v) is 2.33. The van der Waals surface area contributed by atoms with E-state index in [1.165, 1.54) is 19.1 Å². The minimum Gasteiger partial charge on any atom is -0.493 e. The van der Waals surface area contributed by atoms with Crippen LogP contribution in [0.25, 0.3) is 0 Å². The van der Waals surface area contributed by atoms with Crippen LogP contribution in [0.1, 0.15) is 37.0 Å². The molecule has 6 nitrogen and oxygen atoms in total. The molecule has 0 unspecified atom stereocenters. The highest BCUT2D eigenvalue weighted by atomic mass is 35.5. The van der Waals surface area contributed by atoms with E-state index in [0.29, 0.717) is 34.6 Å². The molecule has 0 aromatic heterocycles. The number of ether oxygens (including phenoxy) is 3. The monoisotopic (exact) mass is 371 g/mol. The molecule has 1 rings (SSSR count). The van der Waals surface area contributed by atoms with Crippen LogP contribution in [0.4, 0.5) is 0 Å². The van der Waals surface area contributed by atoms with Gasteiger partial charge in [-0.15, -0.1) is 0 Å². The average Bonchev–Trinajstić information content (AvgIpc) is 2.59. The van der Waals surface area contributed by atoms with Crippen LogP contribution in [-0.2, 0) is 9.53 Å². The van der Waals surface area contributed by atoms with Crippen molar-refractivity contribution < 1.29 is 23.8 Å². The van der Waals surface area contributed by atoms with E-state index in [9.17, 15) is 9.59 Å². The number of amides is 1. The van der Waals surface area contributed by atoms with E-state index in [1.807, 2.05) is 0 Å². The van der Waals surface area contributed by atoms with Gasteiger partial charge in [-0.3, -0.25) is 9.59 Å². The number of rotatable bonds is 9. The molecule has 0 atom stereocenters. The Morgan fingerprint density at radius 2 is 1.92 bits per heavy atom. The van der Waals surface area contributed by atoms with Gasteiger partial charge in [0.1, 0.15) is 0 Å². The smallest absolute Gasteiger partial charge is 0.307 e. The van der Waals surface area contributed by atoms with Gasteiger partial charge < -0.3 is 19.1 Å². The largest absolute Gasteiger partial charge is 0.493 e. The molecule has 1 aromatic carbocycles. The highest BCUT2D eigenvalue weighted by Gasteiger charge is 2.19. The summed E-state index contributed by atoms with van der Waals surface area (Å²) in [5.41, 5.74) is 0.366. The third-order valence-corrected chi connectivity index (χ3v) is 3.92. The van der Waals surface area contributed by atoms with Gasteiger partial charge in [0.15, 0.2) is 11.5 Å². The van der Waals surface area contributed by atoms with Gasteiger partial charge in [-0.1, -0.05) is 25.4 Å². The number of benzene rings is 1. The van der Waals surface area contributed by atoms with Crippen LogP contribution in [0.5, 0.6) is 11.5 Å². The number of carbonyl (C=O) groups is 2. The van der Waals surface area contributed by atoms with Crippen molar-refractivity contribution in [2.24, 2.45) is 5.92 Å². The van der Waals surface area contributed by atoms with Crippen molar-refractivity contribution in [3.8, 4) is 11.5 Å². The van der Waals surface area contributed by atoms with Crippen molar-refractivity contribution in [1.29, 1.82) is 0 Å². The molecule has 0 fully saturated rings. The molecule has 0 radical (unpaired) electrons. The Bertz CT molecular complexity index is 603. The van der Waals surface area contributed by atoms with Gasteiger partial charge >= 0.3 is 5.97 Å². The predicted molar refractivity (Wildman–Crippen MR) is 96.5 cm³/mol. The Hall–Kier alpha value is -1.95. The van der Waals surface area contributed by atoms with Crippen LogP contribution >= 0.6 is 11.6 Å². The number of methoxy groups -OCH3 is 2. The molecule has 0 N–H and O–H groups in total. The molecule has 1 amide bonds. The summed E-state index contributed by atoms with van der Waals surface area (Å²) in [5, 5.41) is 0.313. The predicted octanol–water partition coefficient (Wildman–Crippen LogP) is 3.41. The number of carbonyl (C=O) groups excluding carboxylic acids is 2. The highest BCUT2D eigenvalue weighted by Crippen LogP contribution is 2.37. The summed E-state index contributed by atoms with van der Waals surface area (Å²) < 4.78 is 15.6. The van der Waals surface area contributed by atoms with E-state index in [2.05, 4.69) is 18.6 Å². The molecule has 0 aliphatic heterocycles. The van der Waals surface area contributed by atoms with Crippen LogP contribution in [0.2, 0.25) is 5.02 Å². The lowest BCUT2D eigenvalue weighted by Crippen LogP contribution is -2.29. The normalized spacial score (nSPS) is 10.5. The molecule has 140 valence electrons. The zero-order chi connectivity index (χ0) is 19.0. The first-order valence-electron chi connectivity index (χ1n) is 8.12. The minimum atomic E-state index is -0.371. The number of halogens is 1. The first-order valence-corrected chi connectivity index (χ1v) is 8.50.